The first-order chi connectivity index (χ1) is 11.5. The van der Waals surface area contributed by atoms with E-state index in [4.69, 9.17) is 5.11 Å². The van der Waals surface area contributed by atoms with Gasteiger partial charge in [-0.3, -0.25) is 10.00 Å². The number of aliphatic hydroxyl groups excluding tert-OH is 1. The molecule has 2 aromatic rings. The van der Waals surface area contributed by atoms with Crippen LogP contribution in [0.15, 0.2) is 18.2 Å². The fraction of sp³-hybridized carbons (Fsp3) is 0.500. The van der Waals surface area contributed by atoms with Crippen LogP contribution >= 0.6 is 0 Å². The lowest BCUT2D eigenvalue weighted by Gasteiger charge is -2.16. The minimum absolute atomic E-state index is 0.119. The molecule has 0 saturated carbocycles. The summed E-state index contributed by atoms with van der Waals surface area (Å²) in [5.41, 5.74) is 1.19. The predicted molar refractivity (Wildman–Crippen MR) is 84.1 cm³/mol. The normalized spacial score (nSPS) is 20.9. The van der Waals surface area contributed by atoms with Crippen LogP contribution < -0.4 is 5.32 Å². The summed E-state index contributed by atoms with van der Waals surface area (Å²) in [5, 5.41) is 19.2. The molecule has 3 rings (SSSR count). The molecule has 0 amide bonds. The Morgan fingerprint density at radius 1 is 1.38 bits per heavy atom. The second-order valence-corrected chi connectivity index (χ2v) is 6.19. The highest BCUT2D eigenvalue weighted by Crippen LogP contribution is 2.22. The number of aromatic nitrogens is 3. The van der Waals surface area contributed by atoms with Crippen LogP contribution in [0.3, 0.4) is 0 Å². The quantitative estimate of drug-likeness (QED) is 0.744. The Morgan fingerprint density at radius 2 is 2.21 bits per heavy atom. The molecule has 1 aromatic heterocycles. The third kappa shape index (κ3) is 3.95. The Morgan fingerprint density at radius 3 is 2.92 bits per heavy atom. The molecule has 0 aliphatic carbocycles. The molecule has 1 aromatic carbocycles. The van der Waals surface area contributed by atoms with Crippen molar-refractivity contribution in [2.75, 3.05) is 13.6 Å². The summed E-state index contributed by atoms with van der Waals surface area (Å²) >= 11 is 0. The summed E-state index contributed by atoms with van der Waals surface area (Å²) in [6.07, 6.45) is -0.479. The molecule has 1 aliphatic heterocycles. The van der Waals surface area contributed by atoms with Crippen molar-refractivity contribution in [2.24, 2.45) is 0 Å². The average molecular weight is 337 g/mol. The Kier molecular flexibility index (Phi) is 5.17. The molecule has 6 nitrogen and oxygen atoms in total. The largest absolute Gasteiger partial charge is 0.392 e. The van der Waals surface area contributed by atoms with Gasteiger partial charge in [-0.1, -0.05) is 6.07 Å². The zero-order valence-corrected chi connectivity index (χ0v) is 13.5. The van der Waals surface area contributed by atoms with Crippen molar-refractivity contribution < 1.29 is 13.9 Å². The molecule has 8 heteroatoms. The topological polar surface area (TPSA) is 77.1 Å². The fourth-order valence-corrected chi connectivity index (χ4v) is 2.88. The van der Waals surface area contributed by atoms with E-state index in [1.807, 2.05) is 11.9 Å². The van der Waals surface area contributed by atoms with Crippen LogP contribution in [0.1, 0.15) is 35.2 Å². The standard InChI is InChI=1S/C16H21F2N5O/c1-23(7-11-4-10(9-24)2-3-13(11)18)8-15-20-16(22-21-15)14-5-12(17)6-19-14/h2-4,12,14,19,24H,5-9H2,1H3,(H,20,21,22)/t12-,14+/m0/s1. The van der Waals surface area contributed by atoms with Gasteiger partial charge in [0.1, 0.15) is 17.8 Å². The lowest BCUT2D eigenvalue weighted by Crippen LogP contribution is -2.19. The highest BCUT2D eigenvalue weighted by molar-refractivity contribution is 5.24. The number of H-pyrrole nitrogens is 1. The van der Waals surface area contributed by atoms with Gasteiger partial charge in [-0.15, -0.1) is 0 Å². The summed E-state index contributed by atoms with van der Waals surface area (Å²) < 4.78 is 27.1. The molecule has 24 heavy (non-hydrogen) atoms. The molecule has 2 heterocycles. The van der Waals surface area contributed by atoms with Crippen molar-refractivity contribution in [1.29, 1.82) is 0 Å². The van der Waals surface area contributed by atoms with Crippen molar-refractivity contribution in [3.05, 3.63) is 46.8 Å². The van der Waals surface area contributed by atoms with Gasteiger partial charge in [-0.05, 0) is 24.7 Å². The van der Waals surface area contributed by atoms with E-state index in [1.165, 1.54) is 6.07 Å². The molecular formula is C16H21F2N5O. The van der Waals surface area contributed by atoms with Gasteiger partial charge in [0.05, 0.1) is 19.2 Å². The number of aliphatic hydroxyl groups is 1. The summed E-state index contributed by atoms with van der Waals surface area (Å²) in [7, 11) is 1.85. The monoisotopic (exact) mass is 337 g/mol. The Balaban J connectivity index is 1.61. The maximum atomic E-state index is 13.9. The van der Waals surface area contributed by atoms with Gasteiger partial charge in [0, 0.05) is 25.1 Å². The van der Waals surface area contributed by atoms with E-state index in [-0.39, 0.29) is 18.5 Å². The number of hydrogen-bond donors (Lipinski definition) is 3. The third-order valence-corrected chi connectivity index (χ3v) is 4.09. The number of rotatable bonds is 6. The number of nitrogens with one attached hydrogen (secondary N) is 2. The number of aromatic amines is 1. The van der Waals surface area contributed by atoms with Crippen LogP contribution in [-0.4, -0.2) is 45.0 Å². The number of nitrogens with zero attached hydrogens (tertiary/aromatic N) is 3. The number of alkyl halides is 1. The molecule has 1 fully saturated rings. The van der Waals surface area contributed by atoms with Gasteiger partial charge in [-0.2, -0.15) is 5.10 Å². The smallest absolute Gasteiger partial charge is 0.167 e. The minimum atomic E-state index is -0.860. The molecule has 0 bridgehead atoms. The van der Waals surface area contributed by atoms with Gasteiger partial charge in [0.25, 0.3) is 0 Å². The number of benzene rings is 1. The Bertz CT molecular complexity index is 693. The summed E-state index contributed by atoms with van der Waals surface area (Å²) in [5.74, 6) is 0.906. The summed E-state index contributed by atoms with van der Waals surface area (Å²) in [6.45, 7) is 1.05. The number of hydrogen-bond acceptors (Lipinski definition) is 5. The van der Waals surface area contributed by atoms with Crippen LogP contribution in [-0.2, 0) is 19.7 Å². The molecular weight excluding hydrogens is 316 g/mol. The first-order valence-corrected chi connectivity index (χ1v) is 7.90. The minimum Gasteiger partial charge on any atom is -0.392 e. The molecule has 2 atom stereocenters. The van der Waals surface area contributed by atoms with Gasteiger partial charge >= 0.3 is 0 Å². The molecule has 1 aliphatic rings. The van der Waals surface area contributed by atoms with E-state index in [9.17, 15) is 8.78 Å². The summed E-state index contributed by atoms with van der Waals surface area (Å²) in [6, 6.07) is 4.42. The highest BCUT2D eigenvalue weighted by atomic mass is 19.1. The molecule has 0 radical (unpaired) electrons. The molecule has 1 saturated heterocycles. The molecule has 0 unspecified atom stereocenters. The predicted octanol–water partition coefficient (Wildman–Crippen LogP) is 1.44. The van der Waals surface area contributed by atoms with Crippen LogP contribution in [0.4, 0.5) is 8.78 Å². The average Bonchev–Trinajstić information content (AvgIpc) is 3.18. The van der Waals surface area contributed by atoms with Gasteiger partial charge < -0.3 is 10.4 Å². The van der Waals surface area contributed by atoms with E-state index >= 15 is 0 Å². The molecule has 130 valence electrons. The van der Waals surface area contributed by atoms with Crippen LogP contribution in [0.5, 0.6) is 0 Å². The maximum absolute atomic E-state index is 13.9. The van der Waals surface area contributed by atoms with Gasteiger partial charge in [0.15, 0.2) is 5.82 Å². The summed E-state index contributed by atoms with van der Waals surface area (Å²) in [4.78, 5) is 6.29. The lowest BCUT2D eigenvalue weighted by atomic mass is 10.1. The van der Waals surface area contributed by atoms with E-state index < -0.39 is 6.17 Å². The van der Waals surface area contributed by atoms with E-state index in [1.54, 1.807) is 12.1 Å². The fourth-order valence-electron chi connectivity index (χ4n) is 2.88. The lowest BCUT2D eigenvalue weighted by molar-refractivity contribution is 0.280. The van der Waals surface area contributed by atoms with Gasteiger partial charge in [-0.25, -0.2) is 13.8 Å². The second kappa shape index (κ2) is 7.33. The van der Waals surface area contributed by atoms with Crippen molar-refractivity contribution in [1.82, 2.24) is 25.4 Å². The molecule has 3 N–H and O–H groups in total. The van der Waals surface area contributed by atoms with E-state index in [2.05, 4.69) is 20.5 Å². The zero-order chi connectivity index (χ0) is 17.1. The zero-order valence-electron chi connectivity index (χ0n) is 13.5. The second-order valence-electron chi connectivity index (χ2n) is 6.19. The van der Waals surface area contributed by atoms with E-state index in [0.717, 1.165) is 0 Å². The first kappa shape index (κ1) is 16.9. The van der Waals surface area contributed by atoms with Crippen molar-refractivity contribution in [3.63, 3.8) is 0 Å². The Labute approximate surface area is 138 Å². The highest BCUT2D eigenvalue weighted by Gasteiger charge is 2.27. The van der Waals surface area contributed by atoms with Crippen LogP contribution in [0.2, 0.25) is 0 Å². The molecule has 0 spiro atoms. The third-order valence-electron chi connectivity index (χ3n) is 4.09. The Hall–Kier alpha value is -1.90. The van der Waals surface area contributed by atoms with Crippen molar-refractivity contribution >= 4 is 0 Å². The van der Waals surface area contributed by atoms with E-state index in [0.29, 0.717) is 48.8 Å². The van der Waals surface area contributed by atoms with Crippen LogP contribution in [0, 0.1) is 5.82 Å². The van der Waals surface area contributed by atoms with Crippen LogP contribution in [0.25, 0.3) is 0 Å². The van der Waals surface area contributed by atoms with Gasteiger partial charge in [0.2, 0.25) is 0 Å². The SMILES string of the molecule is CN(Cc1nc([C@H]2C[C@H](F)CN2)n[nH]1)Cc1cc(CO)ccc1F. The number of halogens is 2. The first-order valence-electron chi connectivity index (χ1n) is 7.90. The maximum Gasteiger partial charge on any atom is 0.167 e. The van der Waals surface area contributed by atoms with Crippen molar-refractivity contribution in [3.8, 4) is 0 Å². The van der Waals surface area contributed by atoms with Crippen molar-refractivity contribution in [2.45, 2.75) is 38.3 Å².